The fourth-order valence-electron chi connectivity index (χ4n) is 3.81. The van der Waals surface area contributed by atoms with Gasteiger partial charge in [0.15, 0.2) is 0 Å². The van der Waals surface area contributed by atoms with E-state index < -0.39 is 6.04 Å². The number of amides is 2. The number of nitrogens with one attached hydrogen (secondary N) is 1. The Bertz CT molecular complexity index is 1240. The van der Waals surface area contributed by atoms with E-state index in [4.69, 9.17) is 0 Å². The summed E-state index contributed by atoms with van der Waals surface area (Å²) in [6, 6.07) is 19.4. The molecule has 4 rings (SSSR count). The summed E-state index contributed by atoms with van der Waals surface area (Å²) in [6.07, 6.45) is 4.10. The van der Waals surface area contributed by atoms with Gasteiger partial charge in [0.25, 0.3) is 0 Å². The van der Waals surface area contributed by atoms with E-state index in [9.17, 15) is 9.59 Å². The number of pyridine rings is 1. The van der Waals surface area contributed by atoms with Crippen molar-refractivity contribution in [1.29, 1.82) is 0 Å². The zero-order valence-electron chi connectivity index (χ0n) is 19.3. The molecule has 1 atom stereocenters. The number of anilines is 1. The molecule has 8 heteroatoms. The van der Waals surface area contributed by atoms with Gasteiger partial charge in [0, 0.05) is 24.6 Å². The standard InChI is InChI=1S/C26H28N6O2/c1-19(2)12-17-28-26(34)25(20-13-15-27-16-14-20)32(21-8-4-3-5-9-21)24(33)18-31-23-11-7-6-10-22(23)29-30-31/h3-11,13-16,19,25H,12,17-18H2,1-2H3,(H,28,34)/t25-/m1/s1. The normalized spacial score (nSPS) is 12.0. The fraction of sp³-hybridized carbons (Fsp3) is 0.269. The highest BCUT2D eigenvalue weighted by Gasteiger charge is 2.33. The lowest BCUT2D eigenvalue weighted by molar-refractivity contribution is -0.127. The van der Waals surface area contributed by atoms with Crippen LogP contribution in [0.25, 0.3) is 11.0 Å². The van der Waals surface area contributed by atoms with Crippen LogP contribution in [0, 0.1) is 5.92 Å². The Kier molecular flexibility index (Phi) is 7.27. The van der Waals surface area contributed by atoms with Gasteiger partial charge in [-0.25, -0.2) is 4.68 Å². The second kappa shape index (κ2) is 10.7. The smallest absolute Gasteiger partial charge is 0.249 e. The number of carbonyl (C=O) groups is 2. The maximum Gasteiger partial charge on any atom is 0.249 e. The van der Waals surface area contributed by atoms with Crippen molar-refractivity contribution in [3.63, 3.8) is 0 Å². The molecule has 0 saturated heterocycles. The molecule has 0 saturated carbocycles. The Morgan fingerprint density at radius 2 is 1.68 bits per heavy atom. The zero-order valence-corrected chi connectivity index (χ0v) is 19.3. The van der Waals surface area contributed by atoms with Gasteiger partial charge in [0.2, 0.25) is 11.8 Å². The summed E-state index contributed by atoms with van der Waals surface area (Å²) in [5.41, 5.74) is 2.76. The zero-order chi connectivity index (χ0) is 23.9. The molecule has 0 radical (unpaired) electrons. The average molecular weight is 457 g/mol. The predicted octanol–water partition coefficient (Wildman–Crippen LogP) is 3.76. The van der Waals surface area contributed by atoms with Crippen LogP contribution < -0.4 is 10.2 Å². The number of fused-ring (bicyclic) bond motifs is 1. The summed E-state index contributed by atoms with van der Waals surface area (Å²) >= 11 is 0. The predicted molar refractivity (Wildman–Crippen MR) is 131 cm³/mol. The van der Waals surface area contributed by atoms with E-state index in [-0.39, 0.29) is 18.4 Å². The Labute approximate surface area is 198 Å². The fourth-order valence-corrected chi connectivity index (χ4v) is 3.81. The third-order valence-electron chi connectivity index (χ3n) is 5.56. The number of hydrogen-bond acceptors (Lipinski definition) is 5. The van der Waals surface area contributed by atoms with E-state index in [1.165, 1.54) is 4.90 Å². The molecule has 0 fully saturated rings. The van der Waals surface area contributed by atoms with E-state index >= 15 is 0 Å². The molecule has 2 amide bonds. The van der Waals surface area contributed by atoms with Gasteiger partial charge >= 0.3 is 0 Å². The second-order valence-electron chi connectivity index (χ2n) is 8.49. The van der Waals surface area contributed by atoms with Crippen molar-refractivity contribution in [3.05, 3.63) is 84.7 Å². The summed E-state index contributed by atoms with van der Waals surface area (Å²) in [5, 5.41) is 11.3. The summed E-state index contributed by atoms with van der Waals surface area (Å²) < 4.78 is 1.56. The van der Waals surface area contributed by atoms with Crippen LogP contribution in [0.1, 0.15) is 31.9 Å². The molecule has 0 unspecified atom stereocenters. The summed E-state index contributed by atoms with van der Waals surface area (Å²) in [5.74, 6) is -0.0673. The third kappa shape index (κ3) is 5.28. The van der Waals surface area contributed by atoms with Gasteiger partial charge in [0.1, 0.15) is 18.1 Å². The summed E-state index contributed by atoms with van der Waals surface area (Å²) in [6.45, 7) is 4.68. The second-order valence-corrected chi connectivity index (χ2v) is 8.49. The Balaban J connectivity index is 1.72. The van der Waals surface area contributed by atoms with Gasteiger partial charge in [0.05, 0.1) is 5.52 Å². The van der Waals surface area contributed by atoms with Crippen molar-refractivity contribution in [1.82, 2.24) is 25.3 Å². The molecule has 4 aromatic rings. The van der Waals surface area contributed by atoms with Gasteiger partial charge in [-0.15, -0.1) is 5.10 Å². The maximum atomic E-state index is 13.8. The Morgan fingerprint density at radius 1 is 0.971 bits per heavy atom. The Morgan fingerprint density at radius 3 is 2.41 bits per heavy atom. The van der Waals surface area contributed by atoms with Crippen molar-refractivity contribution in [2.24, 2.45) is 5.92 Å². The summed E-state index contributed by atoms with van der Waals surface area (Å²) in [4.78, 5) is 32.9. The van der Waals surface area contributed by atoms with Gasteiger partial charge in [-0.1, -0.05) is 49.4 Å². The molecule has 2 aromatic carbocycles. The van der Waals surface area contributed by atoms with Crippen LogP contribution in [0.5, 0.6) is 0 Å². The molecule has 0 aliphatic rings. The SMILES string of the molecule is CC(C)CCNC(=O)[C@@H](c1ccncc1)N(C(=O)Cn1nnc2ccccc21)c1ccccc1. The van der Waals surface area contributed by atoms with Crippen molar-refractivity contribution in [2.45, 2.75) is 32.9 Å². The van der Waals surface area contributed by atoms with Crippen molar-refractivity contribution >= 4 is 28.5 Å². The van der Waals surface area contributed by atoms with E-state index in [1.807, 2.05) is 54.6 Å². The highest BCUT2D eigenvalue weighted by Crippen LogP contribution is 2.28. The number of benzene rings is 2. The first-order valence-electron chi connectivity index (χ1n) is 11.4. The first kappa shape index (κ1) is 23.1. The maximum absolute atomic E-state index is 13.8. The number of carbonyl (C=O) groups excluding carboxylic acids is 2. The highest BCUT2D eigenvalue weighted by atomic mass is 16.2. The van der Waals surface area contributed by atoms with Crippen molar-refractivity contribution < 1.29 is 9.59 Å². The highest BCUT2D eigenvalue weighted by molar-refractivity contribution is 6.01. The molecule has 174 valence electrons. The van der Waals surface area contributed by atoms with Crippen LogP contribution >= 0.6 is 0 Å². The lowest BCUT2D eigenvalue weighted by Crippen LogP contribution is -2.45. The van der Waals surface area contributed by atoms with Crippen LogP contribution in [0.2, 0.25) is 0 Å². The molecular formula is C26H28N6O2. The van der Waals surface area contributed by atoms with Crippen LogP contribution in [-0.2, 0) is 16.1 Å². The largest absolute Gasteiger partial charge is 0.354 e. The number of rotatable bonds is 9. The minimum atomic E-state index is -0.861. The van der Waals surface area contributed by atoms with Crippen LogP contribution in [0.3, 0.4) is 0 Å². The third-order valence-corrected chi connectivity index (χ3v) is 5.56. The van der Waals surface area contributed by atoms with Crippen LogP contribution in [-0.4, -0.2) is 38.3 Å². The minimum absolute atomic E-state index is 0.0593. The van der Waals surface area contributed by atoms with Crippen molar-refractivity contribution in [3.8, 4) is 0 Å². The average Bonchev–Trinajstić information content (AvgIpc) is 3.26. The molecule has 34 heavy (non-hydrogen) atoms. The monoisotopic (exact) mass is 456 g/mol. The first-order chi connectivity index (χ1) is 16.5. The van der Waals surface area contributed by atoms with Crippen molar-refractivity contribution in [2.75, 3.05) is 11.4 Å². The molecule has 0 aliphatic heterocycles. The number of para-hydroxylation sites is 2. The summed E-state index contributed by atoms with van der Waals surface area (Å²) in [7, 11) is 0. The quantitative estimate of drug-likeness (QED) is 0.414. The molecule has 0 spiro atoms. The van der Waals surface area contributed by atoms with E-state index in [0.717, 1.165) is 11.9 Å². The van der Waals surface area contributed by atoms with Gasteiger partial charge < -0.3 is 5.32 Å². The molecule has 1 N–H and O–H groups in total. The Hall–Kier alpha value is -4.07. The molecule has 8 nitrogen and oxygen atoms in total. The lowest BCUT2D eigenvalue weighted by atomic mass is 10.0. The van der Waals surface area contributed by atoms with Gasteiger partial charge in [-0.05, 0) is 54.3 Å². The van der Waals surface area contributed by atoms with E-state index in [1.54, 1.807) is 29.2 Å². The van der Waals surface area contributed by atoms with Crippen LogP contribution in [0.4, 0.5) is 5.69 Å². The van der Waals surface area contributed by atoms with Gasteiger partial charge in [-0.3, -0.25) is 19.5 Å². The molecular weight excluding hydrogens is 428 g/mol. The molecule has 0 aliphatic carbocycles. The molecule has 2 aromatic heterocycles. The molecule has 2 heterocycles. The first-order valence-corrected chi connectivity index (χ1v) is 11.4. The minimum Gasteiger partial charge on any atom is -0.354 e. The number of aromatic nitrogens is 4. The van der Waals surface area contributed by atoms with Gasteiger partial charge in [-0.2, -0.15) is 0 Å². The number of nitrogens with zero attached hydrogens (tertiary/aromatic N) is 5. The topological polar surface area (TPSA) is 93.0 Å². The van der Waals surface area contributed by atoms with E-state index in [0.29, 0.717) is 29.2 Å². The number of hydrogen-bond donors (Lipinski definition) is 1. The molecule has 0 bridgehead atoms. The van der Waals surface area contributed by atoms with E-state index in [2.05, 4.69) is 34.5 Å². The lowest BCUT2D eigenvalue weighted by Gasteiger charge is -2.31. The van der Waals surface area contributed by atoms with Crippen LogP contribution in [0.15, 0.2) is 79.1 Å².